The molecule has 0 atom stereocenters. The van der Waals surface area contributed by atoms with E-state index in [0.717, 1.165) is 55.2 Å². The van der Waals surface area contributed by atoms with Crippen LogP contribution in [0.1, 0.15) is 101 Å². The van der Waals surface area contributed by atoms with Crippen molar-refractivity contribution in [2.75, 3.05) is 0 Å². The van der Waals surface area contributed by atoms with Gasteiger partial charge in [0.05, 0.1) is 5.02 Å². The Kier molecular flexibility index (Phi) is 20.9. The Labute approximate surface area is 288 Å². The number of rotatable bonds is 22. The average Bonchev–Trinajstić information content (AvgIpc) is 3.05. The molecule has 2 N–H and O–H groups in total. The van der Waals surface area contributed by atoms with Crippen molar-refractivity contribution in [3.63, 3.8) is 0 Å². The summed E-state index contributed by atoms with van der Waals surface area (Å²) in [6, 6.07) is 8.84. The van der Waals surface area contributed by atoms with E-state index in [0.29, 0.717) is 17.2 Å². The number of phenolic OH excluding ortho intramolecular Hbond substituents is 2. The van der Waals surface area contributed by atoms with E-state index in [1.807, 2.05) is 79.0 Å². The number of ether oxygens (including phenoxy) is 1. The fourth-order valence-electron chi connectivity index (χ4n) is 4.90. The van der Waals surface area contributed by atoms with Crippen molar-refractivity contribution >= 4 is 23.6 Å². The molecule has 47 heavy (non-hydrogen) atoms. The van der Waals surface area contributed by atoms with Gasteiger partial charge in [-0.25, -0.2) is 4.79 Å². The van der Waals surface area contributed by atoms with Crippen LogP contribution in [-0.4, -0.2) is 16.2 Å². The summed E-state index contributed by atoms with van der Waals surface area (Å²) in [5.41, 5.74) is 2.63. The maximum absolute atomic E-state index is 12.7. The van der Waals surface area contributed by atoms with E-state index in [4.69, 9.17) is 16.3 Å². The van der Waals surface area contributed by atoms with E-state index in [-0.39, 0.29) is 11.5 Å². The quantitative estimate of drug-likeness (QED) is 0.0435. The van der Waals surface area contributed by atoms with Gasteiger partial charge in [-0.05, 0) is 61.1 Å². The van der Waals surface area contributed by atoms with Crippen LogP contribution in [0.25, 0.3) is 6.08 Å². The molecule has 2 aromatic carbocycles. The Morgan fingerprint density at radius 3 is 1.79 bits per heavy atom. The molecule has 0 aromatic heterocycles. The van der Waals surface area contributed by atoms with Crippen molar-refractivity contribution in [3.05, 3.63) is 131 Å². The second kappa shape index (κ2) is 25.1. The third kappa shape index (κ3) is 18.0. The van der Waals surface area contributed by atoms with Crippen molar-refractivity contribution in [1.82, 2.24) is 0 Å². The molecule has 0 aliphatic rings. The molecule has 4 nitrogen and oxygen atoms in total. The Morgan fingerprint density at radius 2 is 1.17 bits per heavy atom. The third-order valence-electron chi connectivity index (χ3n) is 7.52. The first kappa shape index (κ1) is 39.2. The standard InChI is InChI=1S/C42H53ClO4/c1-3-5-7-8-9-17-20-24-28-37-40(45)33-36(27-22-6-4-2)34-41(37)47-42(46)29-25-21-18-15-13-11-10-12-14-16-19-23-26-35-30-31-39(44)38(43)32-35/h10-16,18-19,21,23,25-26,29-34,44-45H,3-9,17,20,22,24,27-28H2,1-2H3. The van der Waals surface area contributed by atoms with Gasteiger partial charge in [0.2, 0.25) is 0 Å². The summed E-state index contributed by atoms with van der Waals surface area (Å²) in [5.74, 6) is 0.320. The van der Waals surface area contributed by atoms with E-state index in [2.05, 4.69) is 13.8 Å². The maximum atomic E-state index is 12.7. The van der Waals surface area contributed by atoms with Gasteiger partial charge >= 0.3 is 5.97 Å². The number of unbranched alkanes of at least 4 members (excludes halogenated alkanes) is 9. The number of aryl methyl sites for hydroxylation is 1. The monoisotopic (exact) mass is 656 g/mol. The zero-order valence-electron chi connectivity index (χ0n) is 28.3. The van der Waals surface area contributed by atoms with E-state index in [1.165, 1.54) is 44.6 Å². The number of carbonyl (C=O) groups excluding carboxylic acids is 1. The Morgan fingerprint density at radius 1 is 0.638 bits per heavy atom. The van der Waals surface area contributed by atoms with Crippen molar-refractivity contribution in [1.29, 1.82) is 0 Å². The van der Waals surface area contributed by atoms with Crippen molar-refractivity contribution in [2.45, 2.75) is 97.3 Å². The molecular weight excluding hydrogens is 604 g/mol. The largest absolute Gasteiger partial charge is 0.508 e. The third-order valence-corrected chi connectivity index (χ3v) is 7.82. The summed E-state index contributed by atoms with van der Waals surface area (Å²) in [5, 5.41) is 20.6. The van der Waals surface area contributed by atoms with Crippen LogP contribution in [0.2, 0.25) is 5.02 Å². The van der Waals surface area contributed by atoms with Crippen LogP contribution in [0.4, 0.5) is 0 Å². The fraction of sp³-hybridized carbons (Fsp3) is 0.357. The summed E-state index contributed by atoms with van der Waals surface area (Å²) in [4.78, 5) is 12.7. The molecule has 0 aliphatic carbocycles. The summed E-state index contributed by atoms with van der Waals surface area (Å²) in [7, 11) is 0. The molecular formula is C42H53ClO4. The first-order valence-corrected chi connectivity index (χ1v) is 17.6. The number of hydrogen-bond acceptors (Lipinski definition) is 4. The predicted molar refractivity (Wildman–Crippen MR) is 200 cm³/mol. The van der Waals surface area contributed by atoms with Gasteiger partial charge in [0.15, 0.2) is 0 Å². The number of esters is 1. The van der Waals surface area contributed by atoms with Crippen molar-refractivity contribution < 1.29 is 19.7 Å². The molecule has 252 valence electrons. The Hall–Kier alpha value is -4.02. The van der Waals surface area contributed by atoms with Crippen LogP contribution in [-0.2, 0) is 17.6 Å². The molecule has 0 spiro atoms. The molecule has 0 heterocycles. The second-order valence-electron chi connectivity index (χ2n) is 11.5. The first-order valence-electron chi connectivity index (χ1n) is 17.2. The average molecular weight is 657 g/mol. The van der Waals surface area contributed by atoms with Gasteiger partial charge in [0.1, 0.15) is 17.2 Å². The molecule has 0 saturated heterocycles. The highest BCUT2D eigenvalue weighted by Gasteiger charge is 2.14. The number of aromatic hydroxyl groups is 2. The van der Waals surface area contributed by atoms with E-state index in [9.17, 15) is 15.0 Å². The first-order chi connectivity index (χ1) is 22.9. The predicted octanol–water partition coefficient (Wildman–Crippen LogP) is 12.1. The SMILES string of the molecule is CCCCCCCCCCc1c(O)cc(CCCCC)cc1OC(=O)C=CC=CC=CC=CC=CC=CC=Cc1ccc(O)c(Cl)c1. The summed E-state index contributed by atoms with van der Waals surface area (Å²) < 4.78 is 5.75. The fourth-order valence-corrected chi connectivity index (χ4v) is 5.09. The van der Waals surface area contributed by atoms with Gasteiger partial charge in [-0.2, -0.15) is 0 Å². The minimum atomic E-state index is -0.458. The van der Waals surface area contributed by atoms with Gasteiger partial charge in [-0.15, -0.1) is 0 Å². The number of carbonyl (C=O) groups is 1. The highest BCUT2D eigenvalue weighted by atomic mass is 35.5. The summed E-state index contributed by atoms with van der Waals surface area (Å²) >= 11 is 5.91. The molecule has 0 bridgehead atoms. The zero-order valence-corrected chi connectivity index (χ0v) is 29.0. The van der Waals surface area contributed by atoms with Crippen LogP contribution in [0.5, 0.6) is 17.2 Å². The lowest BCUT2D eigenvalue weighted by Gasteiger charge is -2.14. The van der Waals surface area contributed by atoms with Crippen LogP contribution >= 0.6 is 11.6 Å². The normalized spacial score (nSPS) is 12.5. The van der Waals surface area contributed by atoms with E-state index >= 15 is 0 Å². The van der Waals surface area contributed by atoms with Crippen LogP contribution in [0.3, 0.4) is 0 Å². The van der Waals surface area contributed by atoms with Gasteiger partial charge in [0.25, 0.3) is 0 Å². The number of benzene rings is 2. The molecule has 0 aliphatic heterocycles. The lowest BCUT2D eigenvalue weighted by Crippen LogP contribution is -2.07. The zero-order chi connectivity index (χ0) is 34.0. The molecule has 2 aromatic rings. The van der Waals surface area contributed by atoms with Crippen LogP contribution in [0, 0.1) is 0 Å². The van der Waals surface area contributed by atoms with Crippen LogP contribution < -0.4 is 4.74 Å². The molecule has 0 saturated carbocycles. The molecule has 0 amide bonds. The highest BCUT2D eigenvalue weighted by molar-refractivity contribution is 6.32. The Bertz CT molecular complexity index is 1410. The lowest BCUT2D eigenvalue weighted by molar-refractivity contribution is -0.129. The molecule has 0 fully saturated rings. The molecule has 2 rings (SSSR count). The molecule has 0 radical (unpaired) electrons. The summed E-state index contributed by atoms with van der Waals surface area (Å²) in [6.45, 7) is 4.40. The highest BCUT2D eigenvalue weighted by Crippen LogP contribution is 2.33. The maximum Gasteiger partial charge on any atom is 0.336 e. The summed E-state index contributed by atoms with van der Waals surface area (Å²) in [6.07, 6.45) is 40.3. The number of hydrogen-bond donors (Lipinski definition) is 2. The number of phenols is 2. The topological polar surface area (TPSA) is 66.8 Å². The van der Waals surface area contributed by atoms with Crippen LogP contribution in [0.15, 0.2) is 109 Å². The smallest absolute Gasteiger partial charge is 0.336 e. The van der Waals surface area contributed by atoms with Crippen molar-refractivity contribution in [3.8, 4) is 17.2 Å². The number of halogens is 1. The molecule has 0 unspecified atom stereocenters. The van der Waals surface area contributed by atoms with Crippen molar-refractivity contribution in [2.24, 2.45) is 0 Å². The Balaban J connectivity index is 1.83. The van der Waals surface area contributed by atoms with Gasteiger partial charge in [0, 0.05) is 11.6 Å². The lowest BCUT2D eigenvalue weighted by atomic mass is 9.99. The second-order valence-corrected chi connectivity index (χ2v) is 12.0. The van der Waals surface area contributed by atoms with Gasteiger partial charge < -0.3 is 14.9 Å². The molecule has 5 heteroatoms. The van der Waals surface area contributed by atoms with Gasteiger partial charge in [-0.3, -0.25) is 0 Å². The van der Waals surface area contributed by atoms with Gasteiger partial charge in [-0.1, -0.05) is 168 Å². The minimum Gasteiger partial charge on any atom is -0.508 e. The van der Waals surface area contributed by atoms with E-state index < -0.39 is 5.97 Å². The number of allylic oxidation sites excluding steroid dienone is 12. The van der Waals surface area contributed by atoms with E-state index in [1.54, 1.807) is 30.4 Å². The minimum absolute atomic E-state index is 0.0742.